The van der Waals surface area contributed by atoms with Crippen LogP contribution in [0.3, 0.4) is 0 Å². The topological polar surface area (TPSA) is 49.4 Å². The van der Waals surface area contributed by atoms with Crippen molar-refractivity contribution in [3.8, 4) is 0 Å². The van der Waals surface area contributed by atoms with Crippen LogP contribution in [0.2, 0.25) is 0 Å². The molecule has 19 heavy (non-hydrogen) atoms. The molecule has 0 atom stereocenters. The fraction of sp³-hybridized carbons (Fsp3) is 0.571. The lowest BCUT2D eigenvalue weighted by molar-refractivity contribution is 0.220. The number of nitrogens with one attached hydrogen (secondary N) is 1. The van der Waals surface area contributed by atoms with Gasteiger partial charge in [-0.25, -0.2) is 13.1 Å². The van der Waals surface area contributed by atoms with Crippen molar-refractivity contribution in [1.82, 2.24) is 9.62 Å². The molecule has 1 aliphatic heterocycles. The second kappa shape index (κ2) is 6.03. The van der Waals surface area contributed by atoms with Crippen LogP contribution < -0.4 is 4.72 Å². The third-order valence-corrected chi connectivity index (χ3v) is 5.12. The average Bonchev–Trinajstić information content (AvgIpc) is 2.38. The summed E-state index contributed by atoms with van der Waals surface area (Å²) in [5.74, 6) is 0.454. The first-order valence-electron chi connectivity index (χ1n) is 6.72. The Morgan fingerprint density at radius 2 is 2.00 bits per heavy atom. The zero-order chi connectivity index (χ0) is 13.9. The summed E-state index contributed by atoms with van der Waals surface area (Å²) < 4.78 is 27.1. The maximum absolute atomic E-state index is 12.2. The predicted octanol–water partition coefficient (Wildman–Crippen LogP) is 1.62. The average molecular weight is 282 g/mol. The van der Waals surface area contributed by atoms with Gasteiger partial charge in [-0.15, -0.1) is 0 Å². The molecule has 2 rings (SSSR count). The second-order valence-electron chi connectivity index (χ2n) is 5.42. The van der Waals surface area contributed by atoms with Crippen molar-refractivity contribution in [2.45, 2.75) is 24.7 Å². The quantitative estimate of drug-likeness (QED) is 0.913. The standard InChI is InChI=1S/C14H22N2O2S/c1-12-4-3-5-14(10-12)19(17,18)15-11-13-6-8-16(2)9-7-13/h3-5,10,13,15H,6-9,11H2,1-2H3. The summed E-state index contributed by atoms with van der Waals surface area (Å²) in [7, 11) is -1.25. The molecule has 0 saturated carbocycles. The minimum Gasteiger partial charge on any atom is -0.306 e. The van der Waals surface area contributed by atoms with E-state index in [1.54, 1.807) is 18.2 Å². The normalized spacial score (nSPS) is 18.6. The molecule has 0 aliphatic carbocycles. The SMILES string of the molecule is Cc1cccc(S(=O)(=O)NCC2CCN(C)CC2)c1. The fourth-order valence-electron chi connectivity index (χ4n) is 2.36. The summed E-state index contributed by atoms with van der Waals surface area (Å²) in [5, 5.41) is 0. The number of sulfonamides is 1. The molecule has 0 radical (unpaired) electrons. The van der Waals surface area contributed by atoms with Gasteiger partial charge in [0.25, 0.3) is 0 Å². The van der Waals surface area contributed by atoms with Crippen LogP contribution in [0.1, 0.15) is 18.4 Å². The van der Waals surface area contributed by atoms with E-state index in [1.807, 2.05) is 13.0 Å². The van der Waals surface area contributed by atoms with Gasteiger partial charge in [0.2, 0.25) is 10.0 Å². The zero-order valence-corrected chi connectivity index (χ0v) is 12.4. The molecule has 0 amide bonds. The summed E-state index contributed by atoms with van der Waals surface area (Å²) >= 11 is 0. The maximum Gasteiger partial charge on any atom is 0.240 e. The van der Waals surface area contributed by atoms with Crippen LogP contribution >= 0.6 is 0 Å². The van der Waals surface area contributed by atoms with E-state index in [4.69, 9.17) is 0 Å². The number of likely N-dealkylation sites (tertiary alicyclic amines) is 1. The van der Waals surface area contributed by atoms with E-state index in [9.17, 15) is 8.42 Å². The number of nitrogens with zero attached hydrogens (tertiary/aromatic N) is 1. The molecule has 1 aliphatic rings. The van der Waals surface area contributed by atoms with Crippen LogP contribution in [-0.4, -0.2) is 40.0 Å². The zero-order valence-electron chi connectivity index (χ0n) is 11.6. The van der Waals surface area contributed by atoms with E-state index in [0.29, 0.717) is 17.4 Å². The van der Waals surface area contributed by atoms with Gasteiger partial charge in [-0.05, 0) is 63.5 Å². The number of aryl methyl sites for hydroxylation is 1. The number of hydrogen-bond acceptors (Lipinski definition) is 3. The second-order valence-corrected chi connectivity index (χ2v) is 7.18. The van der Waals surface area contributed by atoms with Crippen molar-refractivity contribution in [2.75, 3.05) is 26.7 Å². The third kappa shape index (κ3) is 4.03. The van der Waals surface area contributed by atoms with E-state index in [-0.39, 0.29) is 0 Å². The van der Waals surface area contributed by atoms with E-state index in [0.717, 1.165) is 31.5 Å². The predicted molar refractivity (Wildman–Crippen MR) is 76.6 cm³/mol. The lowest BCUT2D eigenvalue weighted by atomic mass is 9.98. The molecule has 5 heteroatoms. The Morgan fingerprint density at radius 3 is 2.63 bits per heavy atom. The Hall–Kier alpha value is -0.910. The Balaban J connectivity index is 1.95. The monoisotopic (exact) mass is 282 g/mol. The molecule has 4 nitrogen and oxygen atoms in total. The van der Waals surface area contributed by atoms with Crippen LogP contribution in [0.4, 0.5) is 0 Å². The first-order valence-corrected chi connectivity index (χ1v) is 8.20. The van der Waals surface area contributed by atoms with Crippen LogP contribution in [0.5, 0.6) is 0 Å². The van der Waals surface area contributed by atoms with Gasteiger partial charge in [0.15, 0.2) is 0 Å². The number of rotatable bonds is 4. The molecule has 0 unspecified atom stereocenters. The van der Waals surface area contributed by atoms with Crippen molar-refractivity contribution >= 4 is 10.0 Å². The minimum absolute atomic E-state index is 0.362. The van der Waals surface area contributed by atoms with Gasteiger partial charge in [-0.3, -0.25) is 0 Å². The highest BCUT2D eigenvalue weighted by molar-refractivity contribution is 7.89. The summed E-state index contributed by atoms with van der Waals surface area (Å²) in [4.78, 5) is 2.64. The highest BCUT2D eigenvalue weighted by Gasteiger charge is 2.20. The van der Waals surface area contributed by atoms with Gasteiger partial charge in [0.1, 0.15) is 0 Å². The van der Waals surface area contributed by atoms with Crippen molar-refractivity contribution in [2.24, 2.45) is 5.92 Å². The molecule has 0 aromatic heterocycles. The minimum atomic E-state index is -3.36. The van der Waals surface area contributed by atoms with Gasteiger partial charge in [-0.1, -0.05) is 12.1 Å². The number of hydrogen-bond donors (Lipinski definition) is 1. The van der Waals surface area contributed by atoms with Crippen LogP contribution in [-0.2, 0) is 10.0 Å². The molecule has 1 saturated heterocycles. The Morgan fingerprint density at radius 1 is 1.32 bits per heavy atom. The van der Waals surface area contributed by atoms with E-state index in [2.05, 4.69) is 16.7 Å². The highest BCUT2D eigenvalue weighted by Crippen LogP contribution is 2.16. The van der Waals surface area contributed by atoms with E-state index >= 15 is 0 Å². The van der Waals surface area contributed by atoms with E-state index < -0.39 is 10.0 Å². The number of benzene rings is 1. The molecule has 106 valence electrons. The smallest absolute Gasteiger partial charge is 0.240 e. The summed E-state index contributed by atoms with van der Waals surface area (Å²) in [6.45, 7) is 4.55. The Kier molecular flexibility index (Phi) is 4.60. The van der Waals surface area contributed by atoms with Gasteiger partial charge >= 0.3 is 0 Å². The first kappa shape index (κ1) is 14.5. The molecule has 1 fully saturated rings. The molecular formula is C14H22N2O2S. The van der Waals surface area contributed by atoms with Crippen molar-refractivity contribution in [3.05, 3.63) is 29.8 Å². The van der Waals surface area contributed by atoms with Gasteiger partial charge < -0.3 is 4.90 Å². The molecule has 1 N–H and O–H groups in total. The Bertz CT molecular complexity index is 520. The van der Waals surface area contributed by atoms with Gasteiger partial charge in [0.05, 0.1) is 4.90 Å². The molecule has 0 spiro atoms. The lowest BCUT2D eigenvalue weighted by Gasteiger charge is -2.28. The van der Waals surface area contributed by atoms with Crippen molar-refractivity contribution < 1.29 is 8.42 Å². The Labute approximate surface area is 115 Å². The van der Waals surface area contributed by atoms with Crippen LogP contribution in [0.15, 0.2) is 29.2 Å². The summed E-state index contributed by atoms with van der Waals surface area (Å²) in [6, 6.07) is 7.02. The van der Waals surface area contributed by atoms with Gasteiger partial charge in [0, 0.05) is 6.54 Å². The summed E-state index contributed by atoms with van der Waals surface area (Å²) in [5.41, 5.74) is 0.960. The lowest BCUT2D eigenvalue weighted by Crippen LogP contribution is -2.36. The maximum atomic E-state index is 12.2. The van der Waals surface area contributed by atoms with Crippen molar-refractivity contribution in [1.29, 1.82) is 0 Å². The molecular weight excluding hydrogens is 260 g/mol. The third-order valence-electron chi connectivity index (χ3n) is 3.70. The largest absolute Gasteiger partial charge is 0.306 e. The fourth-order valence-corrected chi connectivity index (χ4v) is 3.58. The highest BCUT2D eigenvalue weighted by atomic mass is 32.2. The van der Waals surface area contributed by atoms with Gasteiger partial charge in [-0.2, -0.15) is 0 Å². The molecule has 1 aromatic rings. The summed E-state index contributed by atoms with van der Waals surface area (Å²) in [6.07, 6.45) is 2.12. The first-order chi connectivity index (χ1) is 8.97. The molecule has 1 aromatic carbocycles. The van der Waals surface area contributed by atoms with Crippen molar-refractivity contribution in [3.63, 3.8) is 0 Å². The van der Waals surface area contributed by atoms with Crippen LogP contribution in [0.25, 0.3) is 0 Å². The van der Waals surface area contributed by atoms with E-state index in [1.165, 1.54) is 0 Å². The number of piperidine rings is 1. The van der Waals surface area contributed by atoms with Crippen LogP contribution in [0, 0.1) is 12.8 Å². The molecule has 0 bridgehead atoms. The molecule has 1 heterocycles.